The van der Waals surface area contributed by atoms with Gasteiger partial charge in [0.1, 0.15) is 0 Å². The molecule has 0 aliphatic carbocycles. The Balaban J connectivity index is 2.97. The maximum absolute atomic E-state index is 10.6. The molecule has 64 valence electrons. The molecule has 0 unspecified atom stereocenters. The quantitative estimate of drug-likeness (QED) is 0.892. The van der Waals surface area contributed by atoms with Crippen LogP contribution in [-0.2, 0) is 11.2 Å². The smallest absolute Gasteiger partial charge is 0.221 e. The average molecular weight is 293 g/mol. The molecule has 0 saturated carbocycles. The molecule has 0 atom stereocenters. The van der Waals surface area contributed by atoms with E-state index in [9.17, 15) is 4.79 Å². The van der Waals surface area contributed by atoms with Gasteiger partial charge in [-0.25, -0.2) is 0 Å². The SMILES string of the molecule is NC(=O)Cc1cc(Br)ccc1Br. The second-order valence-electron chi connectivity index (χ2n) is 2.38. The zero-order chi connectivity index (χ0) is 9.14. The minimum Gasteiger partial charge on any atom is -0.369 e. The summed E-state index contributed by atoms with van der Waals surface area (Å²) in [7, 11) is 0. The van der Waals surface area contributed by atoms with Crippen molar-refractivity contribution in [2.75, 3.05) is 0 Å². The number of carbonyl (C=O) groups excluding carboxylic acids is 1. The number of hydrogen-bond donors (Lipinski definition) is 1. The molecule has 1 amide bonds. The van der Waals surface area contributed by atoms with E-state index in [4.69, 9.17) is 5.73 Å². The molecule has 0 saturated heterocycles. The van der Waals surface area contributed by atoms with Gasteiger partial charge in [0.05, 0.1) is 6.42 Å². The summed E-state index contributed by atoms with van der Waals surface area (Å²) < 4.78 is 1.85. The summed E-state index contributed by atoms with van der Waals surface area (Å²) in [6.45, 7) is 0. The van der Waals surface area contributed by atoms with Crippen molar-refractivity contribution in [3.8, 4) is 0 Å². The lowest BCUT2D eigenvalue weighted by atomic mass is 10.1. The van der Waals surface area contributed by atoms with Crippen molar-refractivity contribution < 1.29 is 4.79 Å². The van der Waals surface area contributed by atoms with Crippen molar-refractivity contribution in [3.05, 3.63) is 32.7 Å². The van der Waals surface area contributed by atoms with Crippen LogP contribution in [-0.4, -0.2) is 5.91 Å². The molecular formula is C8H7Br2NO. The van der Waals surface area contributed by atoms with Gasteiger partial charge in [0.2, 0.25) is 5.91 Å². The van der Waals surface area contributed by atoms with Gasteiger partial charge in [0, 0.05) is 8.95 Å². The highest BCUT2D eigenvalue weighted by Crippen LogP contribution is 2.21. The van der Waals surface area contributed by atoms with Crippen LogP contribution in [0.1, 0.15) is 5.56 Å². The molecule has 2 nitrogen and oxygen atoms in total. The number of nitrogens with two attached hydrogens (primary N) is 1. The summed E-state index contributed by atoms with van der Waals surface area (Å²) >= 11 is 6.64. The van der Waals surface area contributed by atoms with E-state index in [1.165, 1.54) is 0 Å². The first-order valence-electron chi connectivity index (χ1n) is 3.32. The van der Waals surface area contributed by atoms with Crippen molar-refractivity contribution >= 4 is 37.8 Å². The molecule has 0 aromatic heterocycles. The Morgan fingerprint density at radius 2 is 2.08 bits per heavy atom. The van der Waals surface area contributed by atoms with Crippen molar-refractivity contribution in [2.45, 2.75) is 6.42 Å². The lowest BCUT2D eigenvalue weighted by molar-refractivity contribution is -0.117. The number of primary amides is 1. The summed E-state index contributed by atoms with van der Waals surface area (Å²) in [6, 6.07) is 5.64. The van der Waals surface area contributed by atoms with E-state index in [1.807, 2.05) is 18.2 Å². The standard InChI is InChI=1S/C8H7Br2NO/c9-6-1-2-7(10)5(3-6)4-8(11)12/h1-3H,4H2,(H2,11,12). The summed E-state index contributed by atoms with van der Waals surface area (Å²) in [5.41, 5.74) is 5.97. The molecule has 2 N–H and O–H groups in total. The van der Waals surface area contributed by atoms with Crippen LogP contribution in [0.15, 0.2) is 27.1 Å². The monoisotopic (exact) mass is 291 g/mol. The van der Waals surface area contributed by atoms with Crippen molar-refractivity contribution in [1.29, 1.82) is 0 Å². The lowest BCUT2D eigenvalue weighted by Crippen LogP contribution is -2.13. The van der Waals surface area contributed by atoms with Gasteiger partial charge in [0.25, 0.3) is 0 Å². The molecule has 1 aromatic rings. The third kappa shape index (κ3) is 2.60. The molecule has 1 rings (SSSR count). The Bertz CT molecular complexity index is 312. The summed E-state index contributed by atoms with van der Waals surface area (Å²) in [6.07, 6.45) is 0.264. The Morgan fingerprint density at radius 3 is 2.67 bits per heavy atom. The van der Waals surface area contributed by atoms with Gasteiger partial charge >= 0.3 is 0 Å². The van der Waals surface area contributed by atoms with Crippen LogP contribution >= 0.6 is 31.9 Å². The second kappa shape index (κ2) is 4.05. The highest BCUT2D eigenvalue weighted by Gasteiger charge is 2.03. The summed E-state index contributed by atoms with van der Waals surface area (Å²) in [4.78, 5) is 10.6. The van der Waals surface area contributed by atoms with Gasteiger partial charge in [-0.2, -0.15) is 0 Å². The first-order chi connectivity index (χ1) is 5.59. The van der Waals surface area contributed by atoms with E-state index in [-0.39, 0.29) is 12.3 Å². The van der Waals surface area contributed by atoms with Gasteiger partial charge in [0.15, 0.2) is 0 Å². The Morgan fingerprint density at radius 1 is 1.42 bits per heavy atom. The van der Waals surface area contributed by atoms with Gasteiger partial charge in [-0.15, -0.1) is 0 Å². The third-order valence-corrected chi connectivity index (χ3v) is 2.64. The number of halogens is 2. The van der Waals surface area contributed by atoms with Crippen LogP contribution in [0.5, 0.6) is 0 Å². The fraction of sp³-hybridized carbons (Fsp3) is 0.125. The highest BCUT2D eigenvalue weighted by molar-refractivity contribution is 9.11. The molecule has 4 heteroatoms. The first kappa shape index (κ1) is 9.74. The molecule has 0 radical (unpaired) electrons. The Hall–Kier alpha value is -0.350. The topological polar surface area (TPSA) is 43.1 Å². The first-order valence-corrected chi connectivity index (χ1v) is 4.90. The third-order valence-electron chi connectivity index (χ3n) is 1.37. The number of hydrogen-bond acceptors (Lipinski definition) is 1. The second-order valence-corrected chi connectivity index (χ2v) is 4.15. The number of amides is 1. The highest BCUT2D eigenvalue weighted by atomic mass is 79.9. The van der Waals surface area contributed by atoms with Crippen LogP contribution in [0.3, 0.4) is 0 Å². The molecule has 12 heavy (non-hydrogen) atoms. The maximum Gasteiger partial charge on any atom is 0.221 e. The van der Waals surface area contributed by atoms with E-state index in [2.05, 4.69) is 31.9 Å². The largest absolute Gasteiger partial charge is 0.369 e. The number of benzene rings is 1. The van der Waals surface area contributed by atoms with Gasteiger partial charge in [-0.05, 0) is 23.8 Å². The lowest BCUT2D eigenvalue weighted by Gasteiger charge is -2.01. The Kier molecular flexibility index (Phi) is 3.29. The van der Waals surface area contributed by atoms with Crippen LogP contribution in [0, 0.1) is 0 Å². The average Bonchev–Trinajstić information content (AvgIpc) is 1.96. The number of carbonyl (C=O) groups is 1. The Labute approximate surface area is 87.4 Å². The molecule has 0 spiro atoms. The molecule has 1 aromatic carbocycles. The minimum atomic E-state index is -0.325. The van der Waals surface area contributed by atoms with Gasteiger partial charge in [-0.1, -0.05) is 31.9 Å². The van der Waals surface area contributed by atoms with Crippen molar-refractivity contribution in [2.24, 2.45) is 5.73 Å². The summed E-state index contributed by atoms with van der Waals surface area (Å²) in [5.74, 6) is -0.325. The van der Waals surface area contributed by atoms with E-state index >= 15 is 0 Å². The van der Waals surface area contributed by atoms with Crippen LogP contribution in [0.2, 0.25) is 0 Å². The minimum absolute atomic E-state index is 0.264. The fourth-order valence-electron chi connectivity index (χ4n) is 0.866. The van der Waals surface area contributed by atoms with E-state index in [1.54, 1.807) is 0 Å². The van der Waals surface area contributed by atoms with Crippen LogP contribution in [0.4, 0.5) is 0 Å². The zero-order valence-electron chi connectivity index (χ0n) is 6.18. The predicted molar refractivity (Wildman–Crippen MR) is 54.7 cm³/mol. The molecule has 0 fully saturated rings. The normalized spacial score (nSPS) is 9.83. The molecule has 0 bridgehead atoms. The van der Waals surface area contributed by atoms with E-state index < -0.39 is 0 Å². The molecular weight excluding hydrogens is 286 g/mol. The molecule has 0 heterocycles. The van der Waals surface area contributed by atoms with E-state index in [0.29, 0.717) is 0 Å². The zero-order valence-corrected chi connectivity index (χ0v) is 9.35. The molecule has 0 aliphatic rings. The fourth-order valence-corrected chi connectivity index (χ4v) is 1.66. The van der Waals surface area contributed by atoms with Gasteiger partial charge in [-0.3, -0.25) is 4.79 Å². The predicted octanol–water partition coefficient (Wildman–Crippen LogP) is 2.24. The van der Waals surface area contributed by atoms with Crippen molar-refractivity contribution in [1.82, 2.24) is 0 Å². The van der Waals surface area contributed by atoms with Crippen LogP contribution in [0.25, 0.3) is 0 Å². The van der Waals surface area contributed by atoms with E-state index in [0.717, 1.165) is 14.5 Å². The van der Waals surface area contributed by atoms with Gasteiger partial charge < -0.3 is 5.73 Å². The maximum atomic E-state index is 10.6. The van der Waals surface area contributed by atoms with Crippen LogP contribution < -0.4 is 5.73 Å². The molecule has 0 aliphatic heterocycles. The summed E-state index contributed by atoms with van der Waals surface area (Å²) in [5, 5.41) is 0. The number of rotatable bonds is 2. The van der Waals surface area contributed by atoms with Crippen molar-refractivity contribution in [3.63, 3.8) is 0 Å².